The Morgan fingerprint density at radius 3 is 2.25 bits per heavy atom. The first-order valence-corrected chi connectivity index (χ1v) is 14.1. The van der Waals surface area contributed by atoms with Gasteiger partial charge in [-0.05, 0) is 28.1 Å². The number of hydrogen-bond acceptors (Lipinski definition) is 12. The molecule has 0 bridgehead atoms. The van der Waals surface area contributed by atoms with E-state index in [1.165, 1.54) is 10.8 Å². The van der Waals surface area contributed by atoms with E-state index >= 15 is 0 Å². The molecule has 0 unspecified atom stereocenters. The van der Waals surface area contributed by atoms with E-state index in [0.29, 0.717) is 20.6 Å². The Morgan fingerprint density at radius 2 is 1.59 bits per heavy atom. The number of rotatable bonds is 7. The number of nitrogens with zero attached hydrogens (tertiary/aromatic N) is 3. The van der Waals surface area contributed by atoms with Crippen LogP contribution in [0, 0.1) is 0 Å². The van der Waals surface area contributed by atoms with Crippen LogP contribution in [0.25, 0.3) is 16.5 Å². The maximum atomic E-state index is 13.2. The molecular weight excluding hydrogens is 646 g/mol. The third-order valence-electron chi connectivity index (χ3n) is 6.88. The summed E-state index contributed by atoms with van der Waals surface area (Å²) in [6.45, 7) is 4.04. The molecule has 1 amide bonds. The standard InChI is InChI=1S/C29H26BrN3O11/c1-12(34)40-11-20-23(41-13(2)35)24(42-14(3)36)25(43-15(4)37)29(44-20)33-19-8-6-5-7-17(19)22(28(33)39)21-18-9-16(30)10-31-26(18)32-27(21)38/h5-10,20,23-25,29,39H,11H2,1-4H3/t20-,23-,24+,25-,29-/m1/s1. The van der Waals surface area contributed by atoms with Gasteiger partial charge in [0.05, 0.1) is 16.7 Å². The summed E-state index contributed by atoms with van der Waals surface area (Å²) in [5.41, 5.74) is 0.655. The number of fused-ring (bicyclic) bond motifs is 2. The van der Waals surface area contributed by atoms with Gasteiger partial charge in [-0.1, -0.05) is 18.2 Å². The van der Waals surface area contributed by atoms with Gasteiger partial charge in [-0.15, -0.1) is 0 Å². The molecule has 1 aromatic carbocycles. The zero-order valence-corrected chi connectivity index (χ0v) is 25.4. The van der Waals surface area contributed by atoms with Crippen molar-refractivity contribution in [3.63, 3.8) is 0 Å². The SMILES string of the molecule is CC(=O)OC[C@H]1O[C@@H](n2c(O)c(C3=c4cc(Br)cnc4=NC3=O)c3ccccc32)[C@H](OC(C)=O)[C@@H](OC(C)=O)[C@@H]1OC(C)=O. The molecule has 2 aliphatic heterocycles. The van der Waals surface area contributed by atoms with E-state index in [0.717, 1.165) is 27.7 Å². The molecule has 0 saturated carbocycles. The molecule has 230 valence electrons. The van der Waals surface area contributed by atoms with Crippen LogP contribution in [0.2, 0.25) is 0 Å². The second-order valence-corrected chi connectivity index (χ2v) is 10.9. The van der Waals surface area contributed by atoms with Crippen molar-refractivity contribution in [2.75, 3.05) is 6.61 Å². The Kier molecular flexibility index (Phi) is 8.52. The summed E-state index contributed by atoms with van der Waals surface area (Å²) in [5.74, 6) is -4.18. The van der Waals surface area contributed by atoms with Gasteiger partial charge in [0.25, 0.3) is 5.91 Å². The molecule has 1 N–H and O–H groups in total. The summed E-state index contributed by atoms with van der Waals surface area (Å²) in [6.07, 6.45) is -5.59. The first kappa shape index (κ1) is 30.8. The lowest BCUT2D eigenvalue weighted by molar-refractivity contribution is -0.268. The average Bonchev–Trinajstić information content (AvgIpc) is 3.40. The molecule has 2 aromatic heterocycles. The largest absolute Gasteiger partial charge is 0.494 e. The number of halogens is 1. The highest BCUT2D eigenvalue weighted by Gasteiger charge is 2.53. The Hall–Kier alpha value is -4.63. The minimum absolute atomic E-state index is 0.0619. The number of carbonyl (C=O) groups excluding carboxylic acids is 5. The summed E-state index contributed by atoms with van der Waals surface area (Å²) in [4.78, 5) is 69.9. The second kappa shape index (κ2) is 12.2. The van der Waals surface area contributed by atoms with Crippen molar-refractivity contribution < 1.29 is 52.8 Å². The van der Waals surface area contributed by atoms with Gasteiger partial charge in [0.15, 0.2) is 30.0 Å². The van der Waals surface area contributed by atoms with Crippen LogP contribution < -0.4 is 10.7 Å². The molecule has 5 rings (SSSR count). The number of aromatic hydroxyl groups is 1. The predicted molar refractivity (Wildman–Crippen MR) is 151 cm³/mol. The number of carbonyl (C=O) groups is 5. The van der Waals surface area contributed by atoms with Gasteiger partial charge in [0, 0.05) is 49.0 Å². The van der Waals surface area contributed by atoms with Crippen molar-refractivity contribution >= 4 is 62.2 Å². The first-order chi connectivity index (χ1) is 20.9. The van der Waals surface area contributed by atoms with Crippen LogP contribution in [0.4, 0.5) is 0 Å². The minimum atomic E-state index is -1.50. The Balaban J connectivity index is 1.77. The van der Waals surface area contributed by atoms with E-state index in [4.69, 9.17) is 23.7 Å². The van der Waals surface area contributed by atoms with E-state index in [2.05, 4.69) is 25.9 Å². The molecule has 0 aliphatic carbocycles. The number of aromatic nitrogens is 2. The van der Waals surface area contributed by atoms with Crippen LogP contribution in [0.1, 0.15) is 39.5 Å². The molecule has 1 saturated heterocycles. The van der Waals surface area contributed by atoms with Crippen molar-refractivity contribution in [2.45, 2.75) is 58.3 Å². The third kappa shape index (κ3) is 5.79. The van der Waals surface area contributed by atoms with Gasteiger partial charge >= 0.3 is 23.9 Å². The van der Waals surface area contributed by atoms with Crippen LogP contribution in [-0.2, 0) is 47.7 Å². The second-order valence-electron chi connectivity index (χ2n) is 9.99. The van der Waals surface area contributed by atoms with Crippen LogP contribution in [0.15, 0.2) is 46.0 Å². The Morgan fingerprint density at radius 1 is 0.955 bits per heavy atom. The summed E-state index contributed by atoms with van der Waals surface area (Å²) in [5, 5.41) is 12.7. The number of amides is 1. The van der Waals surface area contributed by atoms with E-state index in [1.54, 1.807) is 30.3 Å². The van der Waals surface area contributed by atoms with E-state index in [-0.39, 0.29) is 16.6 Å². The summed E-state index contributed by atoms with van der Waals surface area (Å²) < 4.78 is 29.9. The zero-order valence-electron chi connectivity index (χ0n) is 23.8. The molecule has 3 aromatic rings. The lowest BCUT2D eigenvalue weighted by Gasteiger charge is -2.45. The topological polar surface area (TPSA) is 182 Å². The van der Waals surface area contributed by atoms with Crippen molar-refractivity contribution in [3.05, 3.63) is 57.3 Å². The molecule has 0 radical (unpaired) electrons. The van der Waals surface area contributed by atoms with E-state index in [9.17, 15) is 29.1 Å². The van der Waals surface area contributed by atoms with Gasteiger partial charge in [0.1, 0.15) is 12.7 Å². The van der Waals surface area contributed by atoms with Crippen molar-refractivity contribution in [1.29, 1.82) is 0 Å². The number of esters is 4. The van der Waals surface area contributed by atoms with Crippen LogP contribution in [-0.4, -0.2) is 75.5 Å². The summed E-state index contributed by atoms with van der Waals surface area (Å²) in [6, 6.07) is 8.30. The number of hydrogen-bond donors (Lipinski definition) is 1. The van der Waals surface area contributed by atoms with Gasteiger partial charge in [0.2, 0.25) is 5.88 Å². The quantitative estimate of drug-likeness (QED) is 0.280. The summed E-state index contributed by atoms with van der Waals surface area (Å²) in [7, 11) is 0. The Bertz CT molecular complexity index is 1840. The number of para-hydroxylation sites is 1. The number of benzene rings is 1. The van der Waals surface area contributed by atoms with Crippen molar-refractivity contribution in [1.82, 2.24) is 9.55 Å². The zero-order chi connectivity index (χ0) is 31.9. The lowest BCUT2D eigenvalue weighted by Crippen LogP contribution is -2.60. The highest BCUT2D eigenvalue weighted by Crippen LogP contribution is 2.43. The van der Waals surface area contributed by atoms with Crippen molar-refractivity contribution in [3.8, 4) is 5.88 Å². The highest BCUT2D eigenvalue weighted by atomic mass is 79.9. The lowest BCUT2D eigenvalue weighted by atomic mass is 9.97. The molecule has 0 spiro atoms. The fraction of sp³-hybridized carbons (Fsp3) is 0.345. The molecule has 4 heterocycles. The van der Waals surface area contributed by atoms with E-state index in [1.807, 2.05) is 0 Å². The summed E-state index contributed by atoms with van der Waals surface area (Å²) >= 11 is 3.35. The molecular formula is C29H26BrN3O11. The minimum Gasteiger partial charge on any atom is -0.494 e. The highest BCUT2D eigenvalue weighted by molar-refractivity contribution is 9.10. The molecule has 5 atom stereocenters. The molecule has 2 aliphatic rings. The normalized spacial score (nSPS) is 22.6. The van der Waals surface area contributed by atoms with Crippen LogP contribution in [0.5, 0.6) is 5.88 Å². The Labute approximate surface area is 257 Å². The number of ether oxygens (including phenoxy) is 5. The molecule has 15 heteroatoms. The van der Waals surface area contributed by atoms with E-state index < -0.39 is 72.9 Å². The van der Waals surface area contributed by atoms with Gasteiger partial charge < -0.3 is 28.8 Å². The fourth-order valence-electron chi connectivity index (χ4n) is 5.38. The van der Waals surface area contributed by atoms with Gasteiger partial charge in [-0.3, -0.25) is 28.5 Å². The maximum Gasteiger partial charge on any atom is 0.303 e. The van der Waals surface area contributed by atoms with Crippen LogP contribution >= 0.6 is 15.9 Å². The van der Waals surface area contributed by atoms with Crippen LogP contribution in [0.3, 0.4) is 0 Å². The fourth-order valence-corrected chi connectivity index (χ4v) is 5.71. The molecule has 1 fully saturated rings. The van der Waals surface area contributed by atoms with Gasteiger partial charge in [-0.2, -0.15) is 4.99 Å². The third-order valence-corrected chi connectivity index (χ3v) is 7.31. The molecule has 44 heavy (non-hydrogen) atoms. The van der Waals surface area contributed by atoms with Gasteiger partial charge in [-0.25, -0.2) is 4.98 Å². The molecule has 14 nitrogen and oxygen atoms in total. The predicted octanol–water partition coefficient (Wildman–Crippen LogP) is 1.12. The maximum absolute atomic E-state index is 13.2. The van der Waals surface area contributed by atoms with Crippen molar-refractivity contribution in [2.24, 2.45) is 4.99 Å². The first-order valence-electron chi connectivity index (χ1n) is 13.3. The monoisotopic (exact) mass is 671 g/mol. The number of pyridine rings is 1. The smallest absolute Gasteiger partial charge is 0.303 e. The average molecular weight is 672 g/mol.